The molecule has 0 fully saturated rings. The van der Waals surface area contributed by atoms with Crippen LogP contribution in [-0.2, 0) is 14.4 Å². The molecule has 0 spiro atoms. The van der Waals surface area contributed by atoms with Gasteiger partial charge < -0.3 is 10.2 Å². The van der Waals surface area contributed by atoms with Gasteiger partial charge in [0, 0.05) is 19.5 Å². The summed E-state index contributed by atoms with van der Waals surface area (Å²) in [7, 11) is 0. The molecule has 2 N–H and O–H groups in total. The van der Waals surface area contributed by atoms with Gasteiger partial charge in [0.15, 0.2) is 0 Å². The van der Waals surface area contributed by atoms with E-state index in [4.69, 9.17) is 4.84 Å². The highest BCUT2D eigenvalue weighted by Gasteiger charge is 2.07. The molecule has 5 nitrogen and oxygen atoms in total. The van der Waals surface area contributed by atoms with Crippen LogP contribution >= 0.6 is 0 Å². The first kappa shape index (κ1) is 23.9. The normalized spacial score (nSPS) is 10.6. The molecule has 148 valence electrons. The van der Waals surface area contributed by atoms with Crippen molar-refractivity contribution in [2.75, 3.05) is 13.1 Å². The Labute approximate surface area is 154 Å². The molecule has 0 radical (unpaired) electrons. The Morgan fingerprint density at radius 3 is 1.80 bits per heavy atom. The van der Waals surface area contributed by atoms with E-state index in [1.165, 1.54) is 51.4 Å². The summed E-state index contributed by atoms with van der Waals surface area (Å²) < 4.78 is 0. The van der Waals surface area contributed by atoms with Gasteiger partial charge in [-0.1, -0.05) is 78.1 Å². The third-order valence-electron chi connectivity index (χ3n) is 4.23. The first-order valence-electron chi connectivity index (χ1n) is 10.4. The molecule has 0 bridgehead atoms. The fourth-order valence-corrected chi connectivity index (χ4v) is 2.60. The van der Waals surface area contributed by atoms with Crippen LogP contribution in [0.1, 0.15) is 104 Å². The molecule has 0 aromatic carbocycles. The number of carbonyl (C=O) groups is 2. The first-order valence-corrected chi connectivity index (χ1v) is 10.4. The van der Waals surface area contributed by atoms with Crippen molar-refractivity contribution in [1.82, 2.24) is 10.8 Å². The molecule has 0 atom stereocenters. The Bertz CT molecular complexity index is 322. The van der Waals surface area contributed by atoms with E-state index < -0.39 is 0 Å². The van der Waals surface area contributed by atoms with Crippen molar-refractivity contribution in [3.05, 3.63) is 0 Å². The maximum Gasteiger partial charge on any atom is 0.325 e. The molecule has 0 saturated heterocycles. The molecule has 0 rings (SSSR count). The molecule has 0 aromatic rings. The van der Waals surface area contributed by atoms with Gasteiger partial charge in [0.2, 0.25) is 5.91 Å². The zero-order valence-corrected chi connectivity index (χ0v) is 16.5. The zero-order valence-electron chi connectivity index (χ0n) is 16.5. The van der Waals surface area contributed by atoms with Gasteiger partial charge >= 0.3 is 5.97 Å². The van der Waals surface area contributed by atoms with Crippen molar-refractivity contribution in [3.8, 4) is 0 Å². The second-order valence-electron chi connectivity index (χ2n) is 6.75. The number of carbonyl (C=O) groups excluding carboxylic acids is 2. The molecular formula is C20H40N2O3. The van der Waals surface area contributed by atoms with E-state index in [1.807, 2.05) is 0 Å². The SMILES string of the molecule is CCCCCCCCNOC(=O)CCC(=O)NCCCCCCCC. The lowest BCUT2D eigenvalue weighted by atomic mass is 10.1. The lowest BCUT2D eigenvalue weighted by Crippen LogP contribution is -2.26. The van der Waals surface area contributed by atoms with Crippen LogP contribution in [0.2, 0.25) is 0 Å². The van der Waals surface area contributed by atoms with Gasteiger partial charge in [-0.15, -0.1) is 0 Å². The van der Waals surface area contributed by atoms with Crippen LogP contribution < -0.4 is 10.8 Å². The maximum absolute atomic E-state index is 11.6. The van der Waals surface area contributed by atoms with E-state index in [2.05, 4.69) is 24.6 Å². The second kappa shape index (κ2) is 19.2. The van der Waals surface area contributed by atoms with Gasteiger partial charge in [-0.3, -0.25) is 9.59 Å². The van der Waals surface area contributed by atoms with E-state index in [-0.39, 0.29) is 24.7 Å². The van der Waals surface area contributed by atoms with Crippen LogP contribution in [0.5, 0.6) is 0 Å². The van der Waals surface area contributed by atoms with E-state index in [9.17, 15) is 9.59 Å². The zero-order chi connectivity index (χ0) is 18.6. The van der Waals surface area contributed by atoms with Crippen molar-refractivity contribution < 1.29 is 14.4 Å². The minimum atomic E-state index is -0.360. The van der Waals surface area contributed by atoms with Crippen molar-refractivity contribution in [2.45, 2.75) is 104 Å². The number of unbranched alkanes of at least 4 members (excludes halogenated alkanes) is 10. The highest BCUT2D eigenvalue weighted by atomic mass is 16.7. The van der Waals surface area contributed by atoms with Crippen LogP contribution in [0.4, 0.5) is 0 Å². The largest absolute Gasteiger partial charge is 0.371 e. The minimum absolute atomic E-state index is 0.0681. The molecule has 0 unspecified atom stereocenters. The van der Waals surface area contributed by atoms with Crippen molar-refractivity contribution >= 4 is 11.9 Å². The predicted octanol–water partition coefficient (Wildman–Crippen LogP) is 4.65. The van der Waals surface area contributed by atoms with E-state index in [1.54, 1.807) is 0 Å². The number of amides is 1. The molecule has 0 aromatic heterocycles. The van der Waals surface area contributed by atoms with Gasteiger partial charge in [0.1, 0.15) is 0 Å². The Morgan fingerprint density at radius 1 is 0.680 bits per heavy atom. The third kappa shape index (κ3) is 19.1. The summed E-state index contributed by atoms with van der Waals surface area (Å²) in [5, 5.41) is 2.86. The lowest BCUT2D eigenvalue weighted by molar-refractivity contribution is -0.152. The van der Waals surface area contributed by atoms with Crippen molar-refractivity contribution in [1.29, 1.82) is 0 Å². The summed E-state index contributed by atoms with van der Waals surface area (Å²) in [6.45, 7) is 5.80. The van der Waals surface area contributed by atoms with Gasteiger partial charge in [0.25, 0.3) is 0 Å². The van der Waals surface area contributed by atoms with E-state index in [0.717, 1.165) is 25.7 Å². The summed E-state index contributed by atoms with van der Waals surface area (Å²) >= 11 is 0. The Kier molecular flexibility index (Phi) is 18.4. The predicted molar refractivity (Wildman–Crippen MR) is 103 cm³/mol. The lowest BCUT2D eigenvalue weighted by Gasteiger charge is -2.07. The number of rotatable bonds is 18. The summed E-state index contributed by atoms with van der Waals surface area (Å²) in [6, 6.07) is 0. The quantitative estimate of drug-likeness (QED) is 0.277. The highest BCUT2D eigenvalue weighted by molar-refractivity contribution is 5.81. The molecule has 0 aliphatic rings. The number of hydrogen-bond donors (Lipinski definition) is 2. The summed E-state index contributed by atoms with van der Waals surface area (Å²) in [5.41, 5.74) is 2.70. The standard InChI is InChI=1S/C20H40N2O3/c1-3-5-7-9-11-13-17-21-19(23)15-16-20(24)25-22-18-14-12-10-8-6-4-2/h22H,3-18H2,1-2H3,(H,21,23). The third-order valence-corrected chi connectivity index (χ3v) is 4.23. The monoisotopic (exact) mass is 356 g/mol. The smallest absolute Gasteiger partial charge is 0.325 e. The number of hydrogen-bond acceptors (Lipinski definition) is 4. The second-order valence-corrected chi connectivity index (χ2v) is 6.75. The highest BCUT2D eigenvalue weighted by Crippen LogP contribution is 2.05. The first-order chi connectivity index (χ1) is 12.2. The van der Waals surface area contributed by atoms with E-state index in [0.29, 0.717) is 13.1 Å². The van der Waals surface area contributed by atoms with Gasteiger partial charge in [-0.2, -0.15) is 5.48 Å². The van der Waals surface area contributed by atoms with Crippen LogP contribution in [0.3, 0.4) is 0 Å². The van der Waals surface area contributed by atoms with Crippen LogP contribution in [0, 0.1) is 0 Å². The summed E-state index contributed by atoms with van der Waals surface area (Å²) in [6.07, 6.45) is 14.8. The van der Waals surface area contributed by atoms with Gasteiger partial charge in [-0.25, -0.2) is 0 Å². The summed E-state index contributed by atoms with van der Waals surface area (Å²) in [4.78, 5) is 28.1. The topological polar surface area (TPSA) is 67.4 Å². The van der Waals surface area contributed by atoms with Gasteiger partial charge in [0.05, 0.1) is 6.42 Å². The number of nitrogens with one attached hydrogen (secondary N) is 2. The Morgan fingerprint density at radius 2 is 1.20 bits per heavy atom. The van der Waals surface area contributed by atoms with E-state index >= 15 is 0 Å². The van der Waals surface area contributed by atoms with Crippen LogP contribution in [0.25, 0.3) is 0 Å². The number of hydroxylamine groups is 1. The maximum atomic E-state index is 11.6. The fraction of sp³-hybridized carbons (Fsp3) is 0.900. The average molecular weight is 357 g/mol. The molecule has 5 heteroatoms. The molecular weight excluding hydrogens is 316 g/mol. The van der Waals surface area contributed by atoms with Crippen molar-refractivity contribution in [3.63, 3.8) is 0 Å². The Hall–Kier alpha value is -1.10. The van der Waals surface area contributed by atoms with Crippen LogP contribution in [0.15, 0.2) is 0 Å². The molecule has 0 aliphatic heterocycles. The molecule has 0 aliphatic carbocycles. The summed E-state index contributed by atoms with van der Waals surface area (Å²) in [5.74, 6) is -0.429. The molecule has 0 saturated carbocycles. The molecule has 0 heterocycles. The Balaban J connectivity index is 3.33. The molecule has 25 heavy (non-hydrogen) atoms. The minimum Gasteiger partial charge on any atom is -0.371 e. The van der Waals surface area contributed by atoms with Gasteiger partial charge in [-0.05, 0) is 12.8 Å². The van der Waals surface area contributed by atoms with Crippen molar-refractivity contribution in [2.24, 2.45) is 0 Å². The molecule has 1 amide bonds. The fourth-order valence-electron chi connectivity index (χ4n) is 2.60. The average Bonchev–Trinajstić information content (AvgIpc) is 2.61. The van der Waals surface area contributed by atoms with Crippen LogP contribution in [-0.4, -0.2) is 25.0 Å².